The fourth-order valence-electron chi connectivity index (χ4n) is 2.26. The Kier molecular flexibility index (Phi) is 4.42. The lowest BCUT2D eigenvalue weighted by atomic mass is 10.2. The van der Waals surface area contributed by atoms with Crippen molar-refractivity contribution in [3.63, 3.8) is 0 Å². The fourth-order valence-corrected chi connectivity index (χ4v) is 2.26. The summed E-state index contributed by atoms with van der Waals surface area (Å²) in [5.74, 6) is 0. The summed E-state index contributed by atoms with van der Waals surface area (Å²) in [7, 11) is 0. The molecule has 4 nitrogen and oxygen atoms in total. The van der Waals surface area contributed by atoms with Gasteiger partial charge in [-0.25, -0.2) is 0 Å². The zero-order valence-electron chi connectivity index (χ0n) is 10.9. The molecule has 1 saturated heterocycles. The summed E-state index contributed by atoms with van der Waals surface area (Å²) < 4.78 is 10.9. The van der Waals surface area contributed by atoms with Crippen molar-refractivity contribution in [1.29, 1.82) is 0 Å². The summed E-state index contributed by atoms with van der Waals surface area (Å²) in [6.07, 6.45) is 3.26. The molecule has 1 saturated carbocycles. The van der Waals surface area contributed by atoms with E-state index in [-0.39, 0.29) is 6.10 Å². The van der Waals surface area contributed by atoms with Crippen molar-refractivity contribution in [3.8, 4) is 0 Å². The average Bonchev–Trinajstić information content (AvgIpc) is 2.67. The lowest BCUT2D eigenvalue weighted by molar-refractivity contribution is -0.0166. The minimum absolute atomic E-state index is 0.248. The third kappa shape index (κ3) is 4.21. The number of hydrogen-bond donors (Lipinski definition) is 2. The van der Waals surface area contributed by atoms with E-state index in [0.29, 0.717) is 31.2 Å². The lowest BCUT2D eigenvalue weighted by Crippen LogP contribution is -2.34. The summed E-state index contributed by atoms with van der Waals surface area (Å²) in [6, 6.07) is 0.565. The molecule has 0 amide bonds. The Morgan fingerprint density at radius 1 is 1.53 bits per heavy atom. The number of aliphatic hydroxyl groups excluding tert-OH is 1. The van der Waals surface area contributed by atoms with Gasteiger partial charge in [-0.05, 0) is 24.7 Å². The van der Waals surface area contributed by atoms with E-state index in [9.17, 15) is 5.11 Å². The highest BCUT2D eigenvalue weighted by atomic mass is 16.5. The topological polar surface area (TPSA) is 50.7 Å². The first kappa shape index (κ1) is 13.3. The smallest absolute Gasteiger partial charge is 0.0897 e. The van der Waals surface area contributed by atoms with Gasteiger partial charge in [0, 0.05) is 19.2 Å². The van der Waals surface area contributed by atoms with Crippen LogP contribution in [0.25, 0.3) is 0 Å². The molecule has 1 aliphatic heterocycles. The Balaban J connectivity index is 1.47. The molecule has 1 heterocycles. The number of ether oxygens (including phenoxy) is 2. The zero-order valence-corrected chi connectivity index (χ0v) is 10.9. The molecule has 17 heavy (non-hydrogen) atoms. The summed E-state index contributed by atoms with van der Waals surface area (Å²) in [5.41, 5.74) is 0.415. The van der Waals surface area contributed by atoms with Gasteiger partial charge in [0.1, 0.15) is 0 Å². The Labute approximate surface area is 104 Å². The summed E-state index contributed by atoms with van der Waals surface area (Å²) >= 11 is 0. The molecule has 0 aromatic carbocycles. The number of rotatable bonds is 7. The van der Waals surface area contributed by atoms with Crippen molar-refractivity contribution in [2.24, 2.45) is 5.41 Å². The molecule has 100 valence electrons. The SMILES string of the molecule is CC1(C)CC1NCC(O)COCC1CCCO1. The maximum Gasteiger partial charge on any atom is 0.0897 e. The highest BCUT2D eigenvalue weighted by molar-refractivity contribution is 5.01. The Bertz CT molecular complexity index is 239. The normalized spacial score (nSPS) is 32.6. The highest BCUT2D eigenvalue weighted by Gasteiger charge is 2.45. The van der Waals surface area contributed by atoms with Crippen molar-refractivity contribution in [2.75, 3.05) is 26.4 Å². The van der Waals surface area contributed by atoms with Crippen LogP contribution in [0, 0.1) is 5.41 Å². The standard InChI is InChI=1S/C13H25NO3/c1-13(2)6-12(13)14-7-10(15)8-16-9-11-4-3-5-17-11/h10-12,14-15H,3-9H2,1-2H3. The van der Waals surface area contributed by atoms with Crippen LogP contribution in [-0.4, -0.2) is 49.7 Å². The molecule has 0 bridgehead atoms. The monoisotopic (exact) mass is 243 g/mol. The van der Waals surface area contributed by atoms with Gasteiger partial charge in [-0.1, -0.05) is 13.8 Å². The van der Waals surface area contributed by atoms with E-state index in [0.717, 1.165) is 19.4 Å². The maximum atomic E-state index is 9.74. The minimum Gasteiger partial charge on any atom is -0.389 e. The molecule has 3 unspecified atom stereocenters. The van der Waals surface area contributed by atoms with Crippen LogP contribution in [0.5, 0.6) is 0 Å². The van der Waals surface area contributed by atoms with Gasteiger partial charge < -0.3 is 19.9 Å². The third-order valence-corrected chi connectivity index (χ3v) is 3.75. The summed E-state index contributed by atoms with van der Waals surface area (Å²) in [4.78, 5) is 0. The van der Waals surface area contributed by atoms with Gasteiger partial charge in [0.05, 0.1) is 25.4 Å². The van der Waals surface area contributed by atoms with Crippen LogP contribution in [0.1, 0.15) is 33.1 Å². The second-order valence-corrected chi connectivity index (χ2v) is 5.98. The summed E-state index contributed by atoms with van der Waals surface area (Å²) in [5, 5.41) is 13.1. The molecule has 3 atom stereocenters. The Morgan fingerprint density at radius 3 is 2.88 bits per heavy atom. The molecule has 4 heteroatoms. The lowest BCUT2D eigenvalue weighted by Gasteiger charge is -2.15. The molecule has 0 radical (unpaired) electrons. The van der Waals surface area contributed by atoms with E-state index in [2.05, 4.69) is 19.2 Å². The average molecular weight is 243 g/mol. The van der Waals surface area contributed by atoms with Gasteiger partial charge in [0.2, 0.25) is 0 Å². The first-order valence-electron chi connectivity index (χ1n) is 6.69. The first-order valence-corrected chi connectivity index (χ1v) is 6.69. The summed E-state index contributed by atoms with van der Waals surface area (Å²) in [6.45, 7) is 6.98. The van der Waals surface area contributed by atoms with Gasteiger partial charge in [-0.2, -0.15) is 0 Å². The first-order chi connectivity index (χ1) is 8.08. The second-order valence-electron chi connectivity index (χ2n) is 5.98. The molecule has 2 N–H and O–H groups in total. The van der Waals surface area contributed by atoms with Crippen molar-refractivity contribution < 1.29 is 14.6 Å². The van der Waals surface area contributed by atoms with Crippen LogP contribution in [-0.2, 0) is 9.47 Å². The van der Waals surface area contributed by atoms with Gasteiger partial charge >= 0.3 is 0 Å². The van der Waals surface area contributed by atoms with E-state index in [1.165, 1.54) is 6.42 Å². The van der Waals surface area contributed by atoms with E-state index in [1.807, 2.05) is 0 Å². The largest absolute Gasteiger partial charge is 0.389 e. The second kappa shape index (κ2) is 5.65. The van der Waals surface area contributed by atoms with Crippen molar-refractivity contribution >= 4 is 0 Å². The number of hydrogen-bond acceptors (Lipinski definition) is 4. The van der Waals surface area contributed by atoms with Gasteiger partial charge in [0.15, 0.2) is 0 Å². The molecule has 0 aromatic heterocycles. The van der Waals surface area contributed by atoms with Crippen LogP contribution in [0.2, 0.25) is 0 Å². The van der Waals surface area contributed by atoms with Crippen molar-refractivity contribution in [2.45, 2.75) is 51.4 Å². The van der Waals surface area contributed by atoms with E-state index in [1.54, 1.807) is 0 Å². The molecular weight excluding hydrogens is 218 g/mol. The van der Waals surface area contributed by atoms with Crippen molar-refractivity contribution in [1.82, 2.24) is 5.32 Å². The van der Waals surface area contributed by atoms with E-state index < -0.39 is 6.10 Å². The Hall–Kier alpha value is -0.160. The number of nitrogens with one attached hydrogen (secondary N) is 1. The fraction of sp³-hybridized carbons (Fsp3) is 1.00. The minimum atomic E-state index is -0.409. The zero-order chi connectivity index (χ0) is 12.3. The quantitative estimate of drug-likeness (QED) is 0.698. The van der Waals surface area contributed by atoms with Crippen LogP contribution in [0.4, 0.5) is 0 Å². The van der Waals surface area contributed by atoms with Gasteiger partial charge in [0.25, 0.3) is 0 Å². The molecule has 2 rings (SSSR count). The number of aliphatic hydroxyl groups is 1. The van der Waals surface area contributed by atoms with Crippen LogP contribution in [0.3, 0.4) is 0 Å². The third-order valence-electron chi connectivity index (χ3n) is 3.75. The van der Waals surface area contributed by atoms with Crippen molar-refractivity contribution in [3.05, 3.63) is 0 Å². The molecule has 0 spiro atoms. The molecule has 0 aromatic rings. The maximum absolute atomic E-state index is 9.74. The van der Waals surface area contributed by atoms with Gasteiger partial charge in [-0.15, -0.1) is 0 Å². The van der Waals surface area contributed by atoms with E-state index >= 15 is 0 Å². The Morgan fingerprint density at radius 2 is 2.29 bits per heavy atom. The predicted octanol–water partition coefficient (Wildman–Crippen LogP) is 0.931. The van der Waals surface area contributed by atoms with Gasteiger partial charge in [-0.3, -0.25) is 0 Å². The predicted molar refractivity (Wildman–Crippen MR) is 66.0 cm³/mol. The van der Waals surface area contributed by atoms with Crippen LogP contribution >= 0.6 is 0 Å². The van der Waals surface area contributed by atoms with Crippen LogP contribution in [0.15, 0.2) is 0 Å². The molecular formula is C13H25NO3. The molecule has 1 aliphatic carbocycles. The molecule has 2 fully saturated rings. The molecule has 2 aliphatic rings. The van der Waals surface area contributed by atoms with E-state index in [4.69, 9.17) is 9.47 Å². The van der Waals surface area contributed by atoms with Crippen LogP contribution < -0.4 is 5.32 Å². The highest BCUT2D eigenvalue weighted by Crippen LogP contribution is 2.44.